The number of thioether (sulfide) groups is 1. The van der Waals surface area contributed by atoms with Crippen LogP contribution in [0.4, 0.5) is 10.2 Å². The maximum Gasteiger partial charge on any atom is 0.316 e. The molecule has 0 fully saturated rings. The summed E-state index contributed by atoms with van der Waals surface area (Å²) in [5, 5.41) is 4.00. The first-order valence-corrected chi connectivity index (χ1v) is 8.79. The van der Waals surface area contributed by atoms with Crippen LogP contribution in [0.25, 0.3) is 0 Å². The number of anilines is 1. The number of ether oxygens (including phenoxy) is 1. The topological polar surface area (TPSA) is 64.1 Å². The minimum absolute atomic E-state index is 0.0974. The Hall–Kier alpha value is -2.15. The minimum Gasteiger partial charge on any atom is -0.465 e. The SMILES string of the molecule is CCOC(=O)CSc1cncc(NC2CCc3cc(F)ccc32)n1. The van der Waals surface area contributed by atoms with E-state index in [-0.39, 0.29) is 23.6 Å². The van der Waals surface area contributed by atoms with E-state index in [1.807, 2.05) is 6.07 Å². The van der Waals surface area contributed by atoms with Gasteiger partial charge in [-0.1, -0.05) is 17.8 Å². The maximum atomic E-state index is 13.3. The fourth-order valence-corrected chi connectivity index (χ4v) is 3.38. The van der Waals surface area contributed by atoms with Gasteiger partial charge in [-0.05, 0) is 43.0 Å². The number of fused-ring (bicyclic) bond motifs is 1. The van der Waals surface area contributed by atoms with Crippen LogP contribution in [0, 0.1) is 5.82 Å². The molecule has 2 aromatic rings. The molecule has 5 nitrogen and oxygen atoms in total. The quantitative estimate of drug-likeness (QED) is 0.638. The molecule has 0 radical (unpaired) electrons. The number of nitrogens with zero attached hydrogens (tertiary/aromatic N) is 2. The Bertz CT molecular complexity index is 742. The van der Waals surface area contributed by atoms with Crippen molar-refractivity contribution in [3.05, 3.63) is 47.5 Å². The van der Waals surface area contributed by atoms with Crippen LogP contribution in [0.2, 0.25) is 0 Å². The molecule has 0 saturated heterocycles. The van der Waals surface area contributed by atoms with Crippen LogP contribution in [-0.2, 0) is 16.0 Å². The number of benzene rings is 1. The Morgan fingerprint density at radius 2 is 2.33 bits per heavy atom. The van der Waals surface area contributed by atoms with E-state index in [9.17, 15) is 9.18 Å². The van der Waals surface area contributed by atoms with E-state index < -0.39 is 0 Å². The zero-order valence-electron chi connectivity index (χ0n) is 13.3. The molecule has 1 atom stereocenters. The second-order valence-corrected chi connectivity index (χ2v) is 6.41. The third kappa shape index (κ3) is 4.03. The van der Waals surface area contributed by atoms with Crippen LogP contribution in [0.3, 0.4) is 0 Å². The number of aromatic nitrogens is 2. The van der Waals surface area contributed by atoms with Crippen molar-refractivity contribution in [3.8, 4) is 0 Å². The fourth-order valence-electron chi connectivity index (χ4n) is 2.74. The van der Waals surface area contributed by atoms with Gasteiger partial charge in [0.05, 0.1) is 30.8 Å². The normalized spacial score (nSPS) is 15.8. The highest BCUT2D eigenvalue weighted by atomic mass is 32.2. The number of esters is 1. The number of nitrogens with one attached hydrogen (secondary N) is 1. The number of aryl methyl sites for hydroxylation is 1. The molecule has 1 heterocycles. The van der Waals surface area contributed by atoms with Crippen LogP contribution < -0.4 is 5.32 Å². The molecule has 1 N–H and O–H groups in total. The Morgan fingerprint density at radius 3 is 3.17 bits per heavy atom. The standard InChI is InChI=1S/C17H18FN3O2S/c1-2-23-17(22)10-24-16-9-19-8-15(21-16)20-14-6-3-11-7-12(18)4-5-13(11)14/h4-5,7-9,14H,2-3,6,10H2,1H3,(H,20,21). The van der Waals surface area contributed by atoms with Gasteiger partial charge < -0.3 is 10.1 Å². The average molecular weight is 347 g/mol. The van der Waals surface area contributed by atoms with E-state index in [1.165, 1.54) is 17.8 Å². The molecule has 1 aliphatic carbocycles. The molecular formula is C17H18FN3O2S. The molecular weight excluding hydrogens is 329 g/mol. The van der Waals surface area contributed by atoms with Crippen molar-refractivity contribution in [3.63, 3.8) is 0 Å². The molecule has 24 heavy (non-hydrogen) atoms. The molecule has 126 valence electrons. The molecule has 0 saturated carbocycles. The van der Waals surface area contributed by atoms with Gasteiger partial charge >= 0.3 is 5.97 Å². The second kappa shape index (κ2) is 7.61. The van der Waals surface area contributed by atoms with Crippen LogP contribution in [0.15, 0.2) is 35.6 Å². The van der Waals surface area contributed by atoms with Crippen molar-refractivity contribution in [1.82, 2.24) is 9.97 Å². The molecule has 1 aliphatic rings. The molecule has 0 spiro atoms. The predicted octanol–water partition coefficient (Wildman–Crippen LogP) is 3.37. The van der Waals surface area contributed by atoms with E-state index >= 15 is 0 Å². The van der Waals surface area contributed by atoms with Gasteiger partial charge in [0.2, 0.25) is 0 Å². The van der Waals surface area contributed by atoms with E-state index in [4.69, 9.17) is 4.74 Å². The molecule has 3 rings (SSSR count). The first-order valence-electron chi connectivity index (χ1n) is 7.81. The number of carbonyl (C=O) groups is 1. The fraction of sp³-hybridized carbons (Fsp3) is 0.353. The lowest BCUT2D eigenvalue weighted by Gasteiger charge is -2.15. The van der Waals surface area contributed by atoms with E-state index in [0.717, 1.165) is 24.0 Å². The highest BCUT2D eigenvalue weighted by Gasteiger charge is 2.23. The van der Waals surface area contributed by atoms with Crippen molar-refractivity contribution >= 4 is 23.5 Å². The third-order valence-electron chi connectivity index (χ3n) is 3.76. The lowest BCUT2D eigenvalue weighted by molar-refractivity contribution is -0.139. The van der Waals surface area contributed by atoms with Crippen molar-refractivity contribution in [2.24, 2.45) is 0 Å². The molecule has 0 aliphatic heterocycles. The first kappa shape index (κ1) is 16.7. The second-order valence-electron chi connectivity index (χ2n) is 5.41. The predicted molar refractivity (Wildman–Crippen MR) is 90.5 cm³/mol. The van der Waals surface area contributed by atoms with E-state index in [2.05, 4.69) is 15.3 Å². The smallest absolute Gasteiger partial charge is 0.316 e. The highest BCUT2D eigenvalue weighted by molar-refractivity contribution is 7.99. The van der Waals surface area contributed by atoms with Gasteiger partial charge in [0.1, 0.15) is 16.7 Å². The highest BCUT2D eigenvalue weighted by Crippen LogP contribution is 2.34. The maximum absolute atomic E-state index is 13.3. The molecule has 1 unspecified atom stereocenters. The third-order valence-corrected chi connectivity index (χ3v) is 4.63. The van der Waals surface area contributed by atoms with Gasteiger partial charge in [-0.25, -0.2) is 9.37 Å². The molecule has 1 aromatic heterocycles. The molecule has 1 aromatic carbocycles. The number of halogens is 1. The van der Waals surface area contributed by atoms with Crippen LogP contribution in [0.1, 0.15) is 30.5 Å². The number of carbonyl (C=O) groups excluding carboxylic acids is 1. The van der Waals surface area contributed by atoms with Crippen LogP contribution in [-0.4, -0.2) is 28.3 Å². The average Bonchev–Trinajstić information content (AvgIpc) is 2.95. The van der Waals surface area contributed by atoms with E-state index in [1.54, 1.807) is 25.4 Å². The Balaban J connectivity index is 1.65. The zero-order valence-corrected chi connectivity index (χ0v) is 14.1. The van der Waals surface area contributed by atoms with Gasteiger partial charge in [-0.2, -0.15) is 0 Å². The first-order chi connectivity index (χ1) is 11.7. The lowest BCUT2D eigenvalue weighted by atomic mass is 10.1. The van der Waals surface area contributed by atoms with Crippen LogP contribution in [0.5, 0.6) is 0 Å². The number of hydrogen-bond acceptors (Lipinski definition) is 6. The van der Waals surface area contributed by atoms with Crippen molar-refractivity contribution < 1.29 is 13.9 Å². The summed E-state index contributed by atoms with van der Waals surface area (Å²) >= 11 is 1.29. The summed E-state index contributed by atoms with van der Waals surface area (Å²) in [6.07, 6.45) is 5.00. The summed E-state index contributed by atoms with van der Waals surface area (Å²) in [5.41, 5.74) is 2.14. The Kier molecular flexibility index (Phi) is 5.30. The summed E-state index contributed by atoms with van der Waals surface area (Å²) in [4.78, 5) is 20.0. The summed E-state index contributed by atoms with van der Waals surface area (Å²) < 4.78 is 18.2. The van der Waals surface area contributed by atoms with Gasteiger partial charge in [0.15, 0.2) is 0 Å². The van der Waals surface area contributed by atoms with Gasteiger partial charge in [-0.15, -0.1) is 0 Å². The summed E-state index contributed by atoms with van der Waals surface area (Å²) in [6.45, 7) is 2.15. The number of hydrogen-bond donors (Lipinski definition) is 1. The summed E-state index contributed by atoms with van der Waals surface area (Å²) in [6, 6.07) is 4.99. The minimum atomic E-state index is -0.269. The van der Waals surface area contributed by atoms with Gasteiger partial charge in [0.25, 0.3) is 0 Å². The van der Waals surface area contributed by atoms with Crippen molar-refractivity contribution in [2.75, 3.05) is 17.7 Å². The van der Waals surface area contributed by atoms with Gasteiger partial charge in [0, 0.05) is 0 Å². The van der Waals surface area contributed by atoms with Crippen molar-refractivity contribution in [2.45, 2.75) is 30.8 Å². The molecule has 0 bridgehead atoms. The monoisotopic (exact) mass is 347 g/mol. The Morgan fingerprint density at radius 1 is 1.46 bits per heavy atom. The lowest BCUT2D eigenvalue weighted by Crippen LogP contribution is -2.10. The van der Waals surface area contributed by atoms with Gasteiger partial charge in [-0.3, -0.25) is 9.78 Å². The largest absolute Gasteiger partial charge is 0.465 e. The molecule has 7 heteroatoms. The summed E-state index contributed by atoms with van der Waals surface area (Å²) in [5.74, 6) is 0.379. The van der Waals surface area contributed by atoms with Crippen LogP contribution >= 0.6 is 11.8 Å². The van der Waals surface area contributed by atoms with Crippen molar-refractivity contribution in [1.29, 1.82) is 0 Å². The Labute approximate surface area is 144 Å². The molecule has 0 amide bonds. The summed E-state index contributed by atoms with van der Waals surface area (Å²) in [7, 11) is 0. The zero-order chi connectivity index (χ0) is 16.9. The van der Waals surface area contributed by atoms with E-state index in [0.29, 0.717) is 17.5 Å². The number of rotatable bonds is 6.